The summed E-state index contributed by atoms with van der Waals surface area (Å²) < 4.78 is 4.89. The van der Waals surface area contributed by atoms with Crippen molar-refractivity contribution in [3.8, 4) is 0 Å². The van der Waals surface area contributed by atoms with E-state index in [9.17, 15) is 9.59 Å². The van der Waals surface area contributed by atoms with Crippen LogP contribution in [-0.2, 0) is 9.53 Å². The van der Waals surface area contributed by atoms with Gasteiger partial charge in [-0.25, -0.2) is 10.2 Å². The topological polar surface area (TPSA) is 93.8 Å². The van der Waals surface area contributed by atoms with Gasteiger partial charge in [-0.05, 0) is 91.8 Å². The van der Waals surface area contributed by atoms with Gasteiger partial charge in [0.05, 0.1) is 7.11 Å². The van der Waals surface area contributed by atoms with Crippen LogP contribution in [0.15, 0.2) is 5.10 Å². The molecule has 4 rings (SSSR count). The highest BCUT2D eigenvalue weighted by atomic mass is 16.5. The number of hydrogen-bond acceptors (Lipinski definition) is 4. The molecule has 0 aromatic carbocycles. The molecule has 3 N–H and O–H groups in total. The van der Waals surface area contributed by atoms with Crippen LogP contribution >= 0.6 is 0 Å². The van der Waals surface area contributed by atoms with Crippen molar-refractivity contribution in [2.24, 2.45) is 57.2 Å². The van der Waals surface area contributed by atoms with Crippen molar-refractivity contribution >= 4 is 17.7 Å². The number of carbonyl (C=O) groups excluding carboxylic acids is 2. The number of esters is 1. The van der Waals surface area contributed by atoms with Crippen molar-refractivity contribution in [2.75, 3.05) is 7.11 Å². The van der Waals surface area contributed by atoms with Crippen LogP contribution in [0.5, 0.6) is 0 Å². The van der Waals surface area contributed by atoms with Gasteiger partial charge < -0.3 is 10.5 Å². The number of carbonyl (C=O) groups is 2. The summed E-state index contributed by atoms with van der Waals surface area (Å²) in [5, 5.41) is 4.65. The summed E-state index contributed by atoms with van der Waals surface area (Å²) >= 11 is 0. The molecular formula is C26H43N3O3. The molecule has 0 unspecified atom stereocenters. The molecule has 0 aromatic heterocycles. The number of methoxy groups -OCH3 is 1. The fourth-order valence-corrected chi connectivity index (χ4v) is 8.86. The average molecular weight is 446 g/mol. The van der Waals surface area contributed by atoms with E-state index in [2.05, 4.69) is 31.3 Å². The number of amides is 2. The molecule has 32 heavy (non-hydrogen) atoms. The third-order valence-electron chi connectivity index (χ3n) is 10.5. The molecule has 6 heteroatoms. The van der Waals surface area contributed by atoms with Gasteiger partial charge in [0.15, 0.2) is 0 Å². The lowest BCUT2D eigenvalue weighted by atomic mass is 9.44. The molecule has 6 nitrogen and oxygen atoms in total. The highest BCUT2D eigenvalue weighted by Gasteiger charge is 2.62. The van der Waals surface area contributed by atoms with Crippen LogP contribution in [0.1, 0.15) is 91.4 Å². The number of nitrogens with two attached hydrogens (primary N) is 1. The van der Waals surface area contributed by atoms with Gasteiger partial charge in [-0.15, -0.1) is 0 Å². The zero-order chi connectivity index (χ0) is 23.1. The number of urea groups is 1. The van der Waals surface area contributed by atoms with Gasteiger partial charge in [-0.3, -0.25) is 4.79 Å². The molecule has 4 aliphatic carbocycles. The zero-order valence-electron chi connectivity index (χ0n) is 20.5. The second-order valence-electron chi connectivity index (χ2n) is 11.8. The van der Waals surface area contributed by atoms with Crippen LogP contribution in [0.25, 0.3) is 0 Å². The monoisotopic (exact) mass is 445 g/mol. The Morgan fingerprint density at radius 2 is 1.88 bits per heavy atom. The second kappa shape index (κ2) is 8.98. The predicted molar refractivity (Wildman–Crippen MR) is 126 cm³/mol. The van der Waals surface area contributed by atoms with Crippen LogP contribution in [0.2, 0.25) is 0 Å². The lowest BCUT2D eigenvalue weighted by Gasteiger charge is -2.61. The second-order valence-corrected chi connectivity index (χ2v) is 11.8. The molecule has 0 spiro atoms. The van der Waals surface area contributed by atoms with Gasteiger partial charge in [-0.2, -0.15) is 5.10 Å². The largest absolute Gasteiger partial charge is 0.469 e. The van der Waals surface area contributed by atoms with Crippen LogP contribution in [0.3, 0.4) is 0 Å². The van der Waals surface area contributed by atoms with Gasteiger partial charge >= 0.3 is 12.0 Å². The normalized spacial score (nSPS) is 43.0. The van der Waals surface area contributed by atoms with E-state index in [1.807, 2.05) is 0 Å². The Labute approximate surface area is 193 Å². The minimum absolute atomic E-state index is 0.101. The maximum atomic E-state index is 11.7. The van der Waals surface area contributed by atoms with Crippen molar-refractivity contribution in [1.82, 2.24) is 5.43 Å². The van der Waals surface area contributed by atoms with Crippen LogP contribution < -0.4 is 11.2 Å². The molecule has 2 amide bonds. The number of primary amides is 1. The van der Waals surface area contributed by atoms with Crippen LogP contribution in [0, 0.1) is 46.3 Å². The fraction of sp³-hybridized carbons (Fsp3) is 0.885. The Bertz CT molecular complexity index is 767. The summed E-state index contributed by atoms with van der Waals surface area (Å²) in [6.45, 7) is 7.39. The summed E-state index contributed by atoms with van der Waals surface area (Å²) in [5.74, 6) is 3.39. The Kier molecular flexibility index (Phi) is 6.61. The molecule has 0 aliphatic heterocycles. The summed E-state index contributed by atoms with van der Waals surface area (Å²) in [7, 11) is 1.48. The molecule has 180 valence electrons. The first kappa shape index (κ1) is 23.6. The van der Waals surface area contributed by atoms with E-state index in [0.717, 1.165) is 12.8 Å². The first-order valence-corrected chi connectivity index (χ1v) is 12.9. The van der Waals surface area contributed by atoms with Gasteiger partial charge in [-0.1, -0.05) is 33.6 Å². The van der Waals surface area contributed by atoms with Gasteiger partial charge in [0.2, 0.25) is 0 Å². The Morgan fingerprint density at radius 1 is 1.12 bits per heavy atom. The SMILES string of the molecule is COC(=O)CC[C@H](C)[C@H]1CC[C@H]2[C@H]3C(=NNC(N)=O)C[C@@H]4CCCC[C@]4(C)[C@H]3CC[C@]12C. The summed E-state index contributed by atoms with van der Waals surface area (Å²) in [6, 6.07) is -0.565. The summed E-state index contributed by atoms with van der Waals surface area (Å²) in [4.78, 5) is 23.2. The highest BCUT2D eigenvalue weighted by Crippen LogP contribution is 2.67. The minimum atomic E-state index is -0.565. The van der Waals surface area contributed by atoms with Crippen molar-refractivity contribution in [3.05, 3.63) is 0 Å². The van der Waals surface area contributed by atoms with Crippen molar-refractivity contribution in [2.45, 2.75) is 91.4 Å². The lowest BCUT2D eigenvalue weighted by Crippen LogP contribution is -2.56. The van der Waals surface area contributed by atoms with Gasteiger partial charge in [0.1, 0.15) is 0 Å². The standard InChI is InChI=1S/C26H43N3O3/c1-16(8-11-22(30)32-4)18-9-10-19-23-20(12-14-26(18,19)3)25(2)13-6-5-7-17(25)15-21(23)28-29-24(27)31/h16-20,23H,5-15H2,1-4H3,(H3,27,29,31)/t16-,17-,18+,19-,20-,23+,25-,26+/m0/s1. The minimum Gasteiger partial charge on any atom is -0.469 e. The first-order valence-electron chi connectivity index (χ1n) is 12.9. The van der Waals surface area contributed by atoms with Crippen LogP contribution in [-0.4, -0.2) is 24.8 Å². The Balaban J connectivity index is 1.61. The van der Waals surface area contributed by atoms with E-state index in [1.165, 1.54) is 64.2 Å². The molecular weight excluding hydrogens is 402 g/mol. The molecule has 0 heterocycles. The molecule has 0 aromatic rings. The van der Waals surface area contributed by atoms with Crippen molar-refractivity contribution in [3.63, 3.8) is 0 Å². The Morgan fingerprint density at radius 3 is 2.59 bits per heavy atom. The van der Waals surface area contributed by atoms with Crippen molar-refractivity contribution in [1.29, 1.82) is 0 Å². The zero-order valence-corrected chi connectivity index (χ0v) is 20.5. The number of nitrogens with zero attached hydrogens (tertiary/aromatic N) is 1. The first-order chi connectivity index (χ1) is 15.2. The molecule has 0 saturated heterocycles. The summed E-state index contributed by atoms with van der Waals surface area (Å²) in [5.41, 5.74) is 9.87. The summed E-state index contributed by atoms with van der Waals surface area (Å²) in [6.07, 6.45) is 12.7. The number of ether oxygens (including phenoxy) is 1. The number of nitrogens with one attached hydrogen (secondary N) is 1. The van der Waals surface area contributed by atoms with E-state index in [-0.39, 0.29) is 11.4 Å². The van der Waals surface area contributed by atoms with Gasteiger partial charge in [0.25, 0.3) is 0 Å². The average Bonchev–Trinajstić information content (AvgIpc) is 3.12. The van der Waals surface area contributed by atoms with Crippen LogP contribution in [0.4, 0.5) is 4.79 Å². The highest BCUT2D eigenvalue weighted by molar-refractivity contribution is 5.90. The fourth-order valence-electron chi connectivity index (χ4n) is 8.86. The quantitative estimate of drug-likeness (QED) is 0.446. The molecule has 4 aliphatic rings. The van der Waals surface area contributed by atoms with E-state index in [1.54, 1.807) is 0 Å². The predicted octanol–water partition coefficient (Wildman–Crippen LogP) is 5.26. The van der Waals surface area contributed by atoms with E-state index in [0.29, 0.717) is 47.3 Å². The number of hydrogen-bond donors (Lipinski definition) is 2. The third kappa shape index (κ3) is 3.96. The maximum absolute atomic E-state index is 11.7. The van der Waals surface area contributed by atoms with E-state index >= 15 is 0 Å². The number of fused-ring (bicyclic) bond motifs is 5. The third-order valence-corrected chi connectivity index (χ3v) is 10.5. The van der Waals surface area contributed by atoms with Crippen molar-refractivity contribution < 1.29 is 14.3 Å². The number of rotatable bonds is 5. The lowest BCUT2D eigenvalue weighted by molar-refractivity contribution is -0.141. The molecule has 0 radical (unpaired) electrons. The van der Waals surface area contributed by atoms with Gasteiger partial charge in [0, 0.05) is 18.1 Å². The smallest absolute Gasteiger partial charge is 0.332 e. The molecule has 4 fully saturated rings. The molecule has 4 saturated carbocycles. The molecule has 0 bridgehead atoms. The molecule has 8 atom stereocenters. The number of hydrazone groups is 1. The Hall–Kier alpha value is -1.59. The maximum Gasteiger partial charge on any atom is 0.332 e. The van der Waals surface area contributed by atoms with E-state index in [4.69, 9.17) is 10.5 Å². The van der Waals surface area contributed by atoms with E-state index < -0.39 is 6.03 Å².